The maximum absolute atomic E-state index is 5.78. The Hall–Kier alpha value is -2.17. The number of para-hydroxylation sites is 1. The fourth-order valence-electron chi connectivity index (χ4n) is 1.72. The highest BCUT2D eigenvalue weighted by atomic mass is 15.3. The molecule has 0 spiro atoms. The normalized spacial score (nSPS) is 13.1. The van der Waals surface area contributed by atoms with Gasteiger partial charge in [0.15, 0.2) is 5.82 Å². The number of nitrogens with two attached hydrogens (primary N) is 1. The molecule has 0 saturated carbocycles. The van der Waals surface area contributed by atoms with Crippen LogP contribution in [-0.2, 0) is 6.54 Å². The first-order valence-corrected chi connectivity index (χ1v) is 4.65. The highest BCUT2D eigenvalue weighted by Gasteiger charge is 2.15. The first kappa shape index (κ1) is 8.16. The van der Waals surface area contributed by atoms with Crippen LogP contribution in [0.25, 0.3) is 5.69 Å². The third kappa shape index (κ3) is 1.13. The summed E-state index contributed by atoms with van der Waals surface area (Å²) in [6.45, 7) is 0.513. The van der Waals surface area contributed by atoms with Crippen molar-refractivity contribution in [2.24, 2.45) is 4.99 Å². The molecule has 0 unspecified atom stereocenters. The van der Waals surface area contributed by atoms with E-state index >= 15 is 0 Å². The number of benzene rings is 1. The maximum atomic E-state index is 5.78. The van der Waals surface area contributed by atoms with Crippen molar-refractivity contribution in [1.82, 2.24) is 14.8 Å². The SMILES string of the molecule is Nc1nnc2n1-c1ccccc1C=NC2. The van der Waals surface area contributed by atoms with E-state index in [1.54, 1.807) is 0 Å². The van der Waals surface area contributed by atoms with Gasteiger partial charge in [-0.05, 0) is 6.07 Å². The zero-order valence-corrected chi connectivity index (χ0v) is 7.96. The van der Waals surface area contributed by atoms with E-state index in [4.69, 9.17) is 5.73 Å². The number of anilines is 1. The van der Waals surface area contributed by atoms with E-state index in [1.807, 2.05) is 35.0 Å². The highest BCUT2D eigenvalue weighted by Crippen LogP contribution is 2.20. The van der Waals surface area contributed by atoms with Gasteiger partial charge in [-0.3, -0.25) is 9.56 Å². The number of rotatable bonds is 0. The molecule has 0 aliphatic carbocycles. The minimum atomic E-state index is 0.406. The van der Waals surface area contributed by atoms with E-state index in [0.717, 1.165) is 17.1 Å². The Morgan fingerprint density at radius 1 is 1.20 bits per heavy atom. The van der Waals surface area contributed by atoms with Gasteiger partial charge in [0.1, 0.15) is 0 Å². The van der Waals surface area contributed by atoms with Gasteiger partial charge in [-0.1, -0.05) is 18.2 Å². The van der Waals surface area contributed by atoms with Gasteiger partial charge in [0.05, 0.1) is 12.2 Å². The summed E-state index contributed by atoms with van der Waals surface area (Å²) in [7, 11) is 0. The standard InChI is InChI=1S/C10H9N5/c11-10-14-13-9-6-12-5-7-3-1-2-4-8(7)15(9)10/h1-5H,6H2,(H2,11,14). The van der Waals surface area contributed by atoms with Crippen molar-refractivity contribution in [1.29, 1.82) is 0 Å². The monoisotopic (exact) mass is 199 g/mol. The second-order valence-electron chi connectivity index (χ2n) is 3.34. The molecule has 0 saturated heterocycles. The molecule has 5 heteroatoms. The van der Waals surface area contributed by atoms with Crippen molar-refractivity contribution < 1.29 is 0 Å². The third-order valence-corrected chi connectivity index (χ3v) is 2.40. The van der Waals surface area contributed by atoms with Crippen molar-refractivity contribution in [2.75, 3.05) is 5.73 Å². The van der Waals surface area contributed by atoms with E-state index in [2.05, 4.69) is 15.2 Å². The molecule has 3 rings (SSSR count). The molecule has 0 amide bonds. The molecule has 0 bridgehead atoms. The van der Waals surface area contributed by atoms with Gasteiger partial charge in [-0.2, -0.15) is 0 Å². The summed E-state index contributed by atoms with van der Waals surface area (Å²) >= 11 is 0. The Kier molecular flexibility index (Phi) is 1.58. The van der Waals surface area contributed by atoms with Gasteiger partial charge in [0.25, 0.3) is 0 Å². The zero-order chi connectivity index (χ0) is 10.3. The van der Waals surface area contributed by atoms with E-state index in [1.165, 1.54) is 0 Å². The molecule has 1 aromatic heterocycles. The number of aliphatic imine (C=N–C) groups is 1. The minimum Gasteiger partial charge on any atom is -0.368 e. The van der Waals surface area contributed by atoms with Crippen molar-refractivity contribution in [2.45, 2.75) is 6.54 Å². The average molecular weight is 199 g/mol. The molecule has 1 aromatic carbocycles. The lowest BCUT2D eigenvalue weighted by atomic mass is 10.2. The van der Waals surface area contributed by atoms with Gasteiger partial charge in [-0.25, -0.2) is 0 Å². The first-order valence-electron chi connectivity index (χ1n) is 4.65. The largest absolute Gasteiger partial charge is 0.368 e. The Labute approximate surface area is 86.3 Å². The van der Waals surface area contributed by atoms with Crippen LogP contribution in [-0.4, -0.2) is 21.0 Å². The molecule has 2 heterocycles. The van der Waals surface area contributed by atoms with E-state index in [9.17, 15) is 0 Å². The van der Waals surface area contributed by atoms with Gasteiger partial charge < -0.3 is 5.73 Å². The number of hydrogen-bond donors (Lipinski definition) is 1. The number of aromatic nitrogens is 3. The average Bonchev–Trinajstić information content (AvgIpc) is 2.52. The van der Waals surface area contributed by atoms with E-state index in [0.29, 0.717) is 12.5 Å². The predicted octanol–water partition coefficient (Wildman–Crippen LogP) is 0.782. The van der Waals surface area contributed by atoms with E-state index in [-0.39, 0.29) is 0 Å². The Morgan fingerprint density at radius 2 is 2.07 bits per heavy atom. The fraction of sp³-hybridized carbons (Fsp3) is 0.100. The van der Waals surface area contributed by atoms with E-state index < -0.39 is 0 Å². The number of nitrogen functional groups attached to an aromatic ring is 1. The summed E-state index contributed by atoms with van der Waals surface area (Å²) in [4.78, 5) is 4.26. The molecule has 15 heavy (non-hydrogen) atoms. The van der Waals surface area contributed by atoms with Crippen LogP contribution in [0.5, 0.6) is 0 Å². The van der Waals surface area contributed by atoms with Crippen LogP contribution in [0.15, 0.2) is 29.3 Å². The van der Waals surface area contributed by atoms with Crippen LogP contribution in [0, 0.1) is 0 Å². The Bertz CT molecular complexity index is 540. The quantitative estimate of drug-likeness (QED) is 0.681. The molecule has 0 radical (unpaired) electrons. The fourth-order valence-corrected chi connectivity index (χ4v) is 1.72. The van der Waals surface area contributed by atoms with Crippen LogP contribution in [0.2, 0.25) is 0 Å². The molecule has 74 valence electrons. The minimum absolute atomic E-state index is 0.406. The summed E-state index contributed by atoms with van der Waals surface area (Å²) in [5.74, 6) is 1.18. The highest BCUT2D eigenvalue weighted by molar-refractivity contribution is 5.85. The molecule has 1 aliphatic heterocycles. The van der Waals surface area contributed by atoms with Crippen molar-refractivity contribution in [3.63, 3.8) is 0 Å². The Morgan fingerprint density at radius 3 is 3.00 bits per heavy atom. The molecular weight excluding hydrogens is 190 g/mol. The predicted molar refractivity (Wildman–Crippen MR) is 57.1 cm³/mol. The summed E-state index contributed by atoms with van der Waals surface area (Å²) in [5, 5.41) is 7.85. The van der Waals surface area contributed by atoms with Gasteiger partial charge >= 0.3 is 0 Å². The summed E-state index contributed by atoms with van der Waals surface area (Å²) in [6.07, 6.45) is 1.84. The second-order valence-corrected chi connectivity index (χ2v) is 3.34. The molecule has 5 nitrogen and oxygen atoms in total. The lowest BCUT2D eigenvalue weighted by Crippen LogP contribution is -2.05. The summed E-state index contributed by atoms with van der Waals surface area (Å²) < 4.78 is 1.84. The molecule has 2 N–H and O–H groups in total. The second kappa shape index (κ2) is 2.91. The van der Waals surface area contributed by atoms with Crippen molar-refractivity contribution in [3.8, 4) is 5.69 Å². The number of fused-ring (bicyclic) bond motifs is 3. The molecule has 0 atom stereocenters. The van der Waals surface area contributed by atoms with Crippen molar-refractivity contribution in [3.05, 3.63) is 35.7 Å². The van der Waals surface area contributed by atoms with Crippen LogP contribution in [0.3, 0.4) is 0 Å². The van der Waals surface area contributed by atoms with Gasteiger partial charge in [0.2, 0.25) is 5.95 Å². The summed E-state index contributed by atoms with van der Waals surface area (Å²) in [6, 6.07) is 7.90. The Balaban J connectivity index is 2.36. The zero-order valence-electron chi connectivity index (χ0n) is 7.96. The van der Waals surface area contributed by atoms with Crippen LogP contribution in [0.1, 0.15) is 11.4 Å². The van der Waals surface area contributed by atoms with Crippen LogP contribution < -0.4 is 5.73 Å². The smallest absolute Gasteiger partial charge is 0.226 e. The maximum Gasteiger partial charge on any atom is 0.226 e. The molecular formula is C10H9N5. The van der Waals surface area contributed by atoms with Crippen LogP contribution in [0.4, 0.5) is 5.95 Å². The van der Waals surface area contributed by atoms with Crippen LogP contribution >= 0.6 is 0 Å². The number of hydrogen-bond acceptors (Lipinski definition) is 4. The van der Waals surface area contributed by atoms with Crippen molar-refractivity contribution >= 4 is 12.2 Å². The lowest BCUT2D eigenvalue weighted by Gasteiger charge is -2.07. The molecule has 1 aliphatic rings. The number of nitrogens with zero attached hydrogens (tertiary/aromatic N) is 4. The summed E-state index contributed by atoms with van der Waals surface area (Å²) in [5.41, 5.74) is 7.79. The van der Waals surface area contributed by atoms with Gasteiger partial charge in [-0.15, -0.1) is 10.2 Å². The topological polar surface area (TPSA) is 69.1 Å². The lowest BCUT2D eigenvalue weighted by molar-refractivity contribution is 0.873. The first-order chi connectivity index (χ1) is 7.36. The third-order valence-electron chi connectivity index (χ3n) is 2.40. The molecule has 0 fully saturated rings. The molecule has 2 aromatic rings. The van der Waals surface area contributed by atoms with Gasteiger partial charge in [0, 0.05) is 11.8 Å².